The number of hydrogen-bond donors (Lipinski definition) is 3. The maximum Gasteiger partial charge on any atom is 0.407 e. The smallest absolute Gasteiger partial charge is 0.407 e. The Kier molecular flexibility index (Phi) is 7.76. The Hall–Kier alpha value is -4.74. The molecule has 0 aromatic carbocycles. The third-order valence-corrected chi connectivity index (χ3v) is 6.04. The van der Waals surface area contributed by atoms with Crippen LogP contribution in [0.25, 0.3) is 17.5 Å². The lowest BCUT2D eigenvalue weighted by Gasteiger charge is -2.23. The van der Waals surface area contributed by atoms with Crippen molar-refractivity contribution >= 4 is 29.8 Å². The van der Waals surface area contributed by atoms with E-state index in [1.807, 2.05) is 76.2 Å². The summed E-state index contributed by atoms with van der Waals surface area (Å²) in [5, 5.41) is 17.4. The molecule has 1 saturated heterocycles. The van der Waals surface area contributed by atoms with E-state index in [4.69, 9.17) is 19.2 Å². The normalized spacial score (nSPS) is 15.5. The van der Waals surface area contributed by atoms with Crippen LogP contribution >= 0.6 is 0 Å². The van der Waals surface area contributed by atoms with Crippen LogP contribution in [0, 0.1) is 6.92 Å². The fourth-order valence-corrected chi connectivity index (χ4v) is 4.36. The number of ether oxygens (including phenoxy) is 1. The van der Waals surface area contributed by atoms with Crippen LogP contribution in [0.5, 0.6) is 0 Å². The molecule has 0 spiro atoms. The number of alkyl carbamates (subject to hydrolysis) is 1. The molecule has 1 amide bonds. The highest BCUT2D eigenvalue weighted by molar-refractivity contribution is 5.68. The Balaban J connectivity index is 1.38. The van der Waals surface area contributed by atoms with Crippen molar-refractivity contribution in [1.29, 1.82) is 0 Å². The number of H-pyrrole nitrogens is 1. The van der Waals surface area contributed by atoms with Crippen LogP contribution in [0.3, 0.4) is 0 Å². The molecular formula is C28H33N9O3. The van der Waals surface area contributed by atoms with Crippen LogP contribution in [0.4, 0.5) is 22.4 Å². The van der Waals surface area contributed by atoms with Crippen LogP contribution < -0.4 is 15.5 Å². The molecule has 208 valence electrons. The summed E-state index contributed by atoms with van der Waals surface area (Å²) in [6.45, 7) is 8.45. The van der Waals surface area contributed by atoms with Gasteiger partial charge in [0.1, 0.15) is 17.1 Å². The molecule has 4 aromatic heterocycles. The molecule has 40 heavy (non-hydrogen) atoms. The summed E-state index contributed by atoms with van der Waals surface area (Å²) in [4.78, 5) is 28.1. The van der Waals surface area contributed by atoms with Gasteiger partial charge < -0.3 is 24.8 Å². The highest BCUT2D eigenvalue weighted by Crippen LogP contribution is 2.36. The Morgan fingerprint density at radius 1 is 1.20 bits per heavy atom. The first kappa shape index (κ1) is 26.9. The van der Waals surface area contributed by atoms with Crippen LogP contribution in [0.15, 0.2) is 53.2 Å². The summed E-state index contributed by atoms with van der Waals surface area (Å²) in [5.41, 5.74) is 2.48. The Morgan fingerprint density at radius 3 is 2.83 bits per heavy atom. The molecule has 12 heteroatoms. The molecule has 1 fully saturated rings. The molecular weight excluding hydrogens is 510 g/mol. The summed E-state index contributed by atoms with van der Waals surface area (Å²) < 4.78 is 11.1. The largest absolute Gasteiger partial charge is 0.444 e. The predicted molar refractivity (Wildman–Crippen MR) is 151 cm³/mol. The number of rotatable bonds is 8. The molecule has 0 unspecified atom stereocenters. The molecule has 0 saturated carbocycles. The molecule has 1 aliphatic heterocycles. The third kappa shape index (κ3) is 6.82. The molecule has 1 aliphatic rings. The fraction of sp³-hybridized carbons (Fsp3) is 0.357. The monoisotopic (exact) mass is 543 g/mol. The van der Waals surface area contributed by atoms with Crippen molar-refractivity contribution in [3.8, 4) is 11.4 Å². The number of nitrogens with zero attached hydrogens (tertiary/aromatic N) is 6. The van der Waals surface area contributed by atoms with Crippen molar-refractivity contribution in [3.05, 3.63) is 65.8 Å². The van der Waals surface area contributed by atoms with E-state index in [9.17, 15) is 4.79 Å². The Morgan fingerprint density at radius 2 is 2.08 bits per heavy atom. The minimum absolute atomic E-state index is 0.0708. The van der Waals surface area contributed by atoms with Gasteiger partial charge in [0.25, 0.3) is 0 Å². The Labute approximate surface area is 232 Å². The molecule has 3 N–H and O–H groups in total. The number of aryl methyl sites for hydroxylation is 1. The van der Waals surface area contributed by atoms with E-state index in [-0.39, 0.29) is 12.6 Å². The molecule has 0 radical (unpaired) electrons. The topological polar surface area (TPSA) is 147 Å². The van der Waals surface area contributed by atoms with E-state index in [2.05, 4.69) is 35.9 Å². The average molecular weight is 544 g/mol. The Bertz CT molecular complexity index is 1470. The van der Waals surface area contributed by atoms with Gasteiger partial charge in [0.15, 0.2) is 11.6 Å². The number of hydrogen-bond acceptors (Lipinski definition) is 10. The SMILES string of the molecule is Cc1cc(Nc2cc(C=CCNC(=O)OC(C)(C)C)nc(N3CCC[C@H]3c3cc(-c4ccccn4)no3)n2)n[nH]1. The van der Waals surface area contributed by atoms with E-state index < -0.39 is 11.7 Å². The van der Waals surface area contributed by atoms with Gasteiger partial charge in [-0.3, -0.25) is 10.1 Å². The lowest BCUT2D eigenvalue weighted by molar-refractivity contribution is 0.0534. The second kappa shape index (κ2) is 11.6. The van der Waals surface area contributed by atoms with Crippen LogP contribution in [0.1, 0.15) is 56.8 Å². The molecule has 0 aliphatic carbocycles. The standard InChI is InChI=1S/C28H33N9O3/c1-18-15-25(35-34-18)32-24-16-19(9-7-13-30-27(38)39-28(2,3)4)31-26(33-24)37-14-8-11-22(37)23-17-21(36-40-23)20-10-5-6-12-29-20/h5-7,9-10,12,15-17,22H,8,11,13-14H2,1-4H3,(H,30,38)(H2,31,32,33,34,35)/t22-/m0/s1. The third-order valence-electron chi connectivity index (χ3n) is 6.04. The molecule has 12 nitrogen and oxygen atoms in total. The summed E-state index contributed by atoms with van der Waals surface area (Å²) >= 11 is 0. The van der Waals surface area contributed by atoms with E-state index in [0.717, 1.165) is 36.5 Å². The second-order valence-corrected chi connectivity index (χ2v) is 10.5. The minimum atomic E-state index is -0.561. The van der Waals surface area contributed by atoms with E-state index in [1.54, 1.807) is 6.20 Å². The zero-order chi connectivity index (χ0) is 28.1. The van der Waals surface area contributed by atoms with Crippen molar-refractivity contribution in [2.45, 2.75) is 52.2 Å². The molecule has 5 rings (SSSR count). The van der Waals surface area contributed by atoms with Gasteiger partial charge in [-0.15, -0.1) is 0 Å². The van der Waals surface area contributed by atoms with E-state index in [1.165, 1.54) is 0 Å². The number of aromatic nitrogens is 6. The van der Waals surface area contributed by atoms with Crippen molar-refractivity contribution in [3.63, 3.8) is 0 Å². The second-order valence-electron chi connectivity index (χ2n) is 10.5. The maximum absolute atomic E-state index is 12.0. The number of nitrogens with one attached hydrogen (secondary N) is 3. The zero-order valence-electron chi connectivity index (χ0n) is 23.0. The summed E-state index contributed by atoms with van der Waals surface area (Å²) in [6.07, 6.45) is 6.74. The number of amides is 1. The first-order valence-corrected chi connectivity index (χ1v) is 13.2. The highest BCUT2D eigenvalue weighted by atomic mass is 16.6. The van der Waals surface area contributed by atoms with Gasteiger partial charge >= 0.3 is 6.09 Å². The van der Waals surface area contributed by atoms with Crippen molar-refractivity contribution in [2.75, 3.05) is 23.3 Å². The summed E-state index contributed by atoms with van der Waals surface area (Å²) in [6, 6.07) is 11.3. The average Bonchev–Trinajstić information content (AvgIpc) is 3.67. The zero-order valence-corrected chi connectivity index (χ0v) is 23.0. The number of aromatic amines is 1. The van der Waals surface area contributed by atoms with E-state index >= 15 is 0 Å². The molecule has 1 atom stereocenters. The van der Waals surface area contributed by atoms with Crippen molar-refractivity contribution in [1.82, 2.24) is 35.6 Å². The number of carbonyl (C=O) groups excluding carboxylic acids is 1. The van der Waals surface area contributed by atoms with Gasteiger partial charge in [-0.2, -0.15) is 10.1 Å². The first-order chi connectivity index (χ1) is 19.2. The summed E-state index contributed by atoms with van der Waals surface area (Å²) in [5.74, 6) is 2.53. The minimum Gasteiger partial charge on any atom is -0.444 e. The van der Waals surface area contributed by atoms with E-state index in [0.29, 0.717) is 29.0 Å². The quantitative estimate of drug-likeness (QED) is 0.271. The van der Waals surface area contributed by atoms with Crippen molar-refractivity contribution in [2.24, 2.45) is 0 Å². The highest BCUT2D eigenvalue weighted by Gasteiger charge is 2.32. The molecule has 0 bridgehead atoms. The maximum atomic E-state index is 12.0. The number of pyridine rings is 1. The summed E-state index contributed by atoms with van der Waals surface area (Å²) in [7, 11) is 0. The van der Waals surface area contributed by atoms with Crippen LogP contribution in [-0.4, -0.2) is 55.1 Å². The van der Waals surface area contributed by atoms with Crippen LogP contribution in [0.2, 0.25) is 0 Å². The molecule has 5 heterocycles. The predicted octanol–water partition coefficient (Wildman–Crippen LogP) is 5.18. The van der Waals surface area contributed by atoms with Gasteiger partial charge in [0.2, 0.25) is 5.95 Å². The van der Waals surface area contributed by atoms with Gasteiger partial charge in [-0.05, 0) is 58.7 Å². The van der Waals surface area contributed by atoms with Crippen LogP contribution in [-0.2, 0) is 4.74 Å². The van der Waals surface area contributed by atoms with Gasteiger partial charge in [0.05, 0.1) is 17.4 Å². The lowest BCUT2D eigenvalue weighted by atomic mass is 10.1. The molecule has 4 aromatic rings. The lowest BCUT2D eigenvalue weighted by Crippen LogP contribution is -2.32. The van der Waals surface area contributed by atoms with Gasteiger partial charge in [-0.1, -0.05) is 17.3 Å². The fourth-order valence-electron chi connectivity index (χ4n) is 4.36. The van der Waals surface area contributed by atoms with Gasteiger partial charge in [-0.25, -0.2) is 9.78 Å². The van der Waals surface area contributed by atoms with Gasteiger partial charge in [0, 0.05) is 43.2 Å². The number of anilines is 3. The first-order valence-electron chi connectivity index (χ1n) is 13.2. The van der Waals surface area contributed by atoms with Crippen molar-refractivity contribution < 1.29 is 14.1 Å². The number of carbonyl (C=O) groups is 1.